The van der Waals surface area contributed by atoms with Crippen LogP contribution in [0.3, 0.4) is 0 Å². The number of rotatable bonds is 2. The molecule has 1 N–H and O–H groups in total. The van der Waals surface area contributed by atoms with E-state index in [9.17, 15) is 14.7 Å². The number of carboxylic acid groups (broad SMARTS) is 1. The van der Waals surface area contributed by atoms with E-state index in [1.165, 1.54) is 0 Å². The smallest absolute Gasteiger partial charge is 0.410 e. The number of aliphatic carboxylic acids is 1. The Morgan fingerprint density at radius 3 is 2.30 bits per heavy atom. The molecule has 30 heavy (non-hydrogen) atoms. The molecule has 1 aliphatic rings. The number of halogens is 1. The third-order valence-corrected chi connectivity index (χ3v) is 6.07. The standard InChI is InChI=1S/C23H31BrN2O4/c1-22(2,3)19(20(27)28)26-16-11-13-25(21(29)30-23(4,5)6)12-10-14(16)18-15(24)8-7-9-17(18)26/h7-9,19H,10-13H2,1-6H3,(H,27,28). The van der Waals surface area contributed by atoms with Gasteiger partial charge in [-0.15, -0.1) is 0 Å². The van der Waals surface area contributed by atoms with Crippen molar-refractivity contribution >= 4 is 38.9 Å². The summed E-state index contributed by atoms with van der Waals surface area (Å²) >= 11 is 3.67. The fourth-order valence-corrected chi connectivity index (χ4v) is 4.85. The summed E-state index contributed by atoms with van der Waals surface area (Å²) in [7, 11) is 0. The Morgan fingerprint density at radius 1 is 1.10 bits per heavy atom. The van der Waals surface area contributed by atoms with Crippen LogP contribution in [0.15, 0.2) is 22.7 Å². The first-order valence-electron chi connectivity index (χ1n) is 10.3. The van der Waals surface area contributed by atoms with Crippen LogP contribution in [0.25, 0.3) is 10.9 Å². The molecule has 0 spiro atoms. The summed E-state index contributed by atoms with van der Waals surface area (Å²) in [6.07, 6.45) is 0.903. The summed E-state index contributed by atoms with van der Waals surface area (Å²) in [4.78, 5) is 26.7. The van der Waals surface area contributed by atoms with E-state index in [4.69, 9.17) is 4.74 Å². The maximum absolute atomic E-state index is 12.6. The largest absolute Gasteiger partial charge is 0.480 e. The van der Waals surface area contributed by atoms with Crippen molar-refractivity contribution < 1.29 is 19.4 Å². The lowest BCUT2D eigenvalue weighted by molar-refractivity contribution is -0.144. The van der Waals surface area contributed by atoms with Crippen LogP contribution in [0.1, 0.15) is 58.8 Å². The molecule has 0 saturated heterocycles. The monoisotopic (exact) mass is 478 g/mol. The minimum atomic E-state index is -0.851. The van der Waals surface area contributed by atoms with E-state index in [2.05, 4.69) is 15.9 Å². The van der Waals surface area contributed by atoms with Gasteiger partial charge in [-0.1, -0.05) is 42.8 Å². The molecule has 1 amide bonds. The van der Waals surface area contributed by atoms with Gasteiger partial charge in [-0.05, 0) is 50.3 Å². The minimum Gasteiger partial charge on any atom is -0.480 e. The molecule has 0 fully saturated rings. The maximum atomic E-state index is 12.6. The topological polar surface area (TPSA) is 71.8 Å². The maximum Gasteiger partial charge on any atom is 0.410 e. The van der Waals surface area contributed by atoms with Gasteiger partial charge in [-0.3, -0.25) is 0 Å². The van der Waals surface area contributed by atoms with Crippen molar-refractivity contribution in [3.05, 3.63) is 33.9 Å². The van der Waals surface area contributed by atoms with Crippen molar-refractivity contribution in [1.82, 2.24) is 9.47 Å². The van der Waals surface area contributed by atoms with E-state index in [1.807, 2.05) is 64.3 Å². The number of benzene rings is 1. The number of amides is 1. The molecule has 1 atom stereocenters. The van der Waals surface area contributed by atoms with Gasteiger partial charge in [0.2, 0.25) is 0 Å². The van der Waals surface area contributed by atoms with Crippen LogP contribution in [0.5, 0.6) is 0 Å². The van der Waals surface area contributed by atoms with E-state index in [0.29, 0.717) is 25.9 Å². The number of carbonyl (C=O) groups is 2. The van der Waals surface area contributed by atoms with Gasteiger partial charge in [0.05, 0.1) is 5.52 Å². The lowest BCUT2D eigenvalue weighted by atomic mass is 9.86. The highest BCUT2D eigenvalue weighted by atomic mass is 79.9. The molecule has 0 aliphatic carbocycles. The average Bonchev–Trinajstić information content (AvgIpc) is 2.73. The van der Waals surface area contributed by atoms with Crippen LogP contribution in [-0.2, 0) is 22.4 Å². The van der Waals surface area contributed by atoms with Crippen LogP contribution in [0.4, 0.5) is 4.79 Å². The molecule has 6 nitrogen and oxygen atoms in total. The highest BCUT2D eigenvalue weighted by molar-refractivity contribution is 9.10. The van der Waals surface area contributed by atoms with Crippen LogP contribution >= 0.6 is 15.9 Å². The summed E-state index contributed by atoms with van der Waals surface area (Å²) in [5, 5.41) is 11.2. The Balaban J connectivity index is 2.12. The van der Waals surface area contributed by atoms with E-state index in [0.717, 1.165) is 26.6 Å². The van der Waals surface area contributed by atoms with Crippen molar-refractivity contribution in [2.75, 3.05) is 13.1 Å². The van der Waals surface area contributed by atoms with Gasteiger partial charge in [0.15, 0.2) is 0 Å². The lowest BCUT2D eigenvalue weighted by Gasteiger charge is -2.31. The van der Waals surface area contributed by atoms with E-state index < -0.39 is 23.0 Å². The molecule has 1 aromatic heterocycles. The molecule has 0 saturated carbocycles. The number of hydrogen-bond donors (Lipinski definition) is 1. The van der Waals surface area contributed by atoms with Crippen molar-refractivity contribution in [2.24, 2.45) is 5.41 Å². The van der Waals surface area contributed by atoms with E-state index >= 15 is 0 Å². The average molecular weight is 479 g/mol. The van der Waals surface area contributed by atoms with Gasteiger partial charge in [-0.25, -0.2) is 9.59 Å². The highest BCUT2D eigenvalue weighted by Gasteiger charge is 2.37. The molecule has 2 aromatic rings. The van der Waals surface area contributed by atoms with Gasteiger partial charge in [0.25, 0.3) is 0 Å². The summed E-state index contributed by atoms with van der Waals surface area (Å²) < 4.78 is 8.49. The SMILES string of the molecule is CC(C)(C)OC(=O)N1CCc2c(n(C(C(=O)O)C(C)(C)C)c3cccc(Br)c23)CC1. The quantitative estimate of drug-likeness (QED) is 0.625. The highest BCUT2D eigenvalue weighted by Crippen LogP contribution is 2.41. The second-order valence-corrected chi connectivity index (χ2v) is 10.9. The normalized spacial score (nSPS) is 16.2. The number of carboxylic acids is 1. The predicted octanol–water partition coefficient (Wildman–Crippen LogP) is 5.41. The van der Waals surface area contributed by atoms with Crippen LogP contribution in [0, 0.1) is 5.41 Å². The van der Waals surface area contributed by atoms with Gasteiger partial charge in [0.1, 0.15) is 11.6 Å². The summed E-state index contributed by atoms with van der Waals surface area (Å²) in [6, 6.07) is 5.20. The molecular formula is C23H31BrN2O4. The lowest BCUT2D eigenvalue weighted by Crippen LogP contribution is -2.38. The number of aromatic nitrogens is 1. The Morgan fingerprint density at radius 2 is 1.73 bits per heavy atom. The summed E-state index contributed by atoms with van der Waals surface area (Å²) in [5.41, 5.74) is 1.99. The van der Waals surface area contributed by atoms with Crippen LogP contribution in [0.2, 0.25) is 0 Å². The van der Waals surface area contributed by atoms with E-state index in [1.54, 1.807) is 4.90 Å². The molecule has 164 valence electrons. The summed E-state index contributed by atoms with van der Waals surface area (Å²) in [6.45, 7) is 12.5. The molecule has 3 rings (SSSR count). The van der Waals surface area contributed by atoms with Gasteiger partial charge >= 0.3 is 12.1 Å². The zero-order chi connectivity index (χ0) is 22.4. The number of carbonyl (C=O) groups excluding carboxylic acids is 1. The van der Waals surface area contributed by atoms with Crippen LogP contribution < -0.4 is 0 Å². The fraction of sp³-hybridized carbons (Fsp3) is 0.565. The van der Waals surface area contributed by atoms with Gasteiger partial charge in [0, 0.05) is 35.1 Å². The van der Waals surface area contributed by atoms with Gasteiger partial charge < -0.3 is 19.3 Å². The Labute approximate surface area is 186 Å². The first kappa shape index (κ1) is 22.7. The Hall–Kier alpha value is -2.02. The van der Waals surface area contributed by atoms with Crippen molar-refractivity contribution in [1.29, 1.82) is 0 Å². The van der Waals surface area contributed by atoms with Crippen LogP contribution in [-0.4, -0.2) is 45.3 Å². The number of ether oxygens (including phenoxy) is 1. The number of fused-ring (bicyclic) bond motifs is 3. The molecule has 1 unspecified atom stereocenters. The fourth-order valence-electron chi connectivity index (χ4n) is 4.26. The number of hydrogen-bond acceptors (Lipinski definition) is 3. The molecular weight excluding hydrogens is 448 g/mol. The minimum absolute atomic E-state index is 0.326. The van der Waals surface area contributed by atoms with Gasteiger partial charge in [-0.2, -0.15) is 0 Å². The van der Waals surface area contributed by atoms with Crippen molar-refractivity contribution in [3.63, 3.8) is 0 Å². The molecule has 1 aliphatic heterocycles. The van der Waals surface area contributed by atoms with Crippen molar-refractivity contribution in [2.45, 2.75) is 66.0 Å². The molecule has 1 aromatic carbocycles. The molecule has 0 bridgehead atoms. The second kappa shape index (κ2) is 7.91. The Bertz CT molecular complexity index is 982. The first-order chi connectivity index (χ1) is 13.8. The number of nitrogens with zero attached hydrogens (tertiary/aromatic N) is 2. The third-order valence-electron chi connectivity index (χ3n) is 5.41. The Kier molecular flexibility index (Phi) is 5.98. The molecule has 2 heterocycles. The zero-order valence-electron chi connectivity index (χ0n) is 18.6. The molecule has 7 heteroatoms. The summed E-state index contributed by atoms with van der Waals surface area (Å²) in [5.74, 6) is -0.851. The molecule has 0 radical (unpaired) electrons. The first-order valence-corrected chi connectivity index (χ1v) is 11.1. The second-order valence-electron chi connectivity index (χ2n) is 10.0. The zero-order valence-corrected chi connectivity index (χ0v) is 20.2. The van der Waals surface area contributed by atoms with Crippen molar-refractivity contribution in [3.8, 4) is 0 Å². The predicted molar refractivity (Wildman–Crippen MR) is 121 cm³/mol. The van der Waals surface area contributed by atoms with E-state index in [-0.39, 0.29) is 6.09 Å². The third kappa shape index (κ3) is 4.36.